The number of nitriles is 1. The van der Waals surface area contributed by atoms with E-state index in [4.69, 9.17) is 0 Å². The molecule has 1 aromatic carbocycles. The Morgan fingerprint density at radius 2 is 2.25 bits per heavy atom. The molecule has 0 radical (unpaired) electrons. The molecule has 1 aromatic rings. The standard InChI is InChI=1S/C15H17N/c1-11-4-5-12-3-2-7-15(14(12)9-11)8-6-13(15)10-16/h4-5,9,13H,2-3,6-8H2,1H3/t13-,15+/m0/s1. The summed E-state index contributed by atoms with van der Waals surface area (Å²) in [5, 5.41) is 9.25. The zero-order chi connectivity index (χ0) is 11.2. The Hall–Kier alpha value is -1.29. The monoisotopic (exact) mass is 211 g/mol. The summed E-state index contributed by atoms with van der Waals surface area (Å²) >= 11 is 0. The van der Waals surface area contributed by atoms with Gasteiger partial charge >= 0.3 is 0 Å². The Kier molecular flexibility index (Phi) is 2.07. The molecule has 1 saturated carbocycles. The molecule has 2 aliphatic rings. The minimum absolute atomic E-state index is 0.231. The van der Waals surface area contributed by atoms with Crippen LogP contribution < -0.4 is 0 Å². The van der Waals surface area contributed by atoms with Crippen LogP contribution in [0.25, 0.3) is 0 Å². The molecule has 82 valence electrons. The van der Waals surface area contributed by atoms with E-state index in [0.29, 0.717) is 0 Å². The molecule has 0 heterocycles. The van der Waals surface area contributed by atoms with Crippen molar-refractivity contribution in [1.82, 2.24) is 0 Å². The molecule has 3 rings (SSSR count). The average molecular weight is 211 g/mol. The minimum Gasteiger partial charge on any atom is -0.198 e. The van der Waals surface area contributed by atoms with E-state index in [1.54, 1.807) is 0 Å². The summed E-state index contributed by atoms with van der Waals surface area (Å²) in [6, 6.07) is 9.34. The first-order valence-electron chi connectivity index (χ1n) is 6.26. The van der Waals surface area contributed by atoms with Gasteiger partial charge in [-0.25, -0.2) is 0 Å². The number of fused-ring (bicyclic) bond motifs is 2. The molecule has 0 bridgehead atoms. The van der Waals surface area contributed by atoms with Crippen LogP contribution >= 0.6 is 0 Å². The van der Waals surface area contributed by atoms with Crippen LogP contribution in [0.4, 0.5) is 0 Å². The summed E-state index contributed by atoms with van der Waals surface area (Å²) in [5.41, 5.74) is 4.56. The van der Waals surface area contributed by atoms with Crippen molar-refractivity contribution in [3.8, 4) is 6.07 Å². The smallest absolute Gasteiger partial charge is 0.0665 e. The van der Waals surface area contributed by atoms with Gasteiger partial charge in [0.2, 0.25) is 0 Å². The molecule has 1 fully saturated rings. The lowest BCUT2D eigenvalue weighted by molar-refractivity contribution is 0.144. The third-order valence-corrected chi connectivity index (χ3v) is 4.57. The predicted molar refractivity (Wildman–Crippen MR) is 64.1 cm³/mol. The van der Waals surface area contributed by atoms with Crippen molar-refractivity contribution in [3.63, 3.8) is 0 Å². The Morgan fingerprint density at radius 1 is 1.38 bits per heavy atom. The lowest BCUT2D eigenvalue weighted by atomic mass is 9.52. The fraction of sp³-hybridized carbons (Fsp3) is 0.533. The van der Waals surface area contributed by atoms with E-state index in [9.17, 15) is 5.26 Å². The first-order chi connectivity index (χ1) is 7.76. The van der Waals surface area contributed by atoms with E-state index in [1.807, 2.05) is 0 Å². The van der Waals surface area contributed by atoms with Crippen LogP contribution in [-0.2, 0) is 11.8 Å². The minimum atomic E-state index is 0.231. The van der Waals surface area contributed by atoms with Crippen molar-refractivity contribution in [2.24, 2.45) is 5.92 Å². The topological polar surface area (TPSA) is 23.8 Å². The number of aryl methyl sites for hydroxylation is 2. The molecule has 0 amide bonds. The lowest BCUT2D eigenvalue weighted by Crippen LogP contribution is -2.46. The number of hydrogen-bond acceptors (Lipinski definition) is 1. The highest BCUT2D eigenvalue weighted by atomic mass is 14.5. The Morgan fingerprint density at radius 3 is 2.94 bits per heavy atom. The van der Waals surface area contributed by atoms with Gasteiger partial charge in [0.15, 0.2) is 0 Å². The molecule has 1 heteroatoms. The SMILES string of the molecule is Cc1ccc2c(c1)[C@]1(CCC2)CC[C@H]1C#N. The highest BCUT2D eigenvalue weighted by Crippen LogP contribution is 2.54. The lowest BCUT2D eigenvalue weighted by Gasteiger charge is -2.50. The van der Waals surface area contributed by atoms with E-state index in [-0.39, 0.29) is 11.3 Å². The molecular formula is C15H17N. The van der Waals surface area contributed by atoms with Gasteiger partial charge in [0.1, 0.15) is 0 Å². The second kappa shape index (κ2) is 3.35. The van der Waals surface area contributed by atoms with Gasteiger partial charge in [0, 0.05) is 5.41 Å². The van der Waals surface area contributed by atoms with Gasteiger partial charge in [-0.2, -0.15) is 5.26 Å². The second-order valence-corrected chi connectivity index (χ2v) is 5.39. The van der Waals surface area contributed by atoms with Crippen molar-refractivity contribution >= 4 is 0 Å². The fourth-order valence-electron chi connectivity index (χ4n) is 3.55. The molecule has 0 aromatic heterocycles. The zero-order valence-corrected chi connectivity index (χ0v) is 9.79. The Bertz CT molecular complexity index is 469. The third-order valence-electron chi connectivity index (χ3n) is 4.57. The highest BCUT2D eigenvalue weighted by molar-refractivity contribution is 5.43. The van der Waals surface area contributed by atoms with Crippen LogP contribution in [0.1, 0.15) is 42.4 Å². The molecule has 16 heavy (non-hydrogen) atoms. The Balaban J connectivity index is 2.13. The van der Waals surface area contributed by atoms with Crippen LogP contribution in [0, 0.1) is 24.2 Å². The normalized spacial score (nSPS) is 31.6. The largest absolute Gasteiger partial charge is 0.198 e. The van der Waals surface area contributed by atoms with Gasteiger partial charge in [0.05, 0.1) is 12.0 Å². The molecular weight excluding hydrogens is 194 g/mol. The summed E-state index contributed by atoms with van der Waals surface area (Å²) in [7, 11) is 0. The summed E-state index contributed by atoms with van der Waals surface area (Å²) in [5.74, 6) is 0.272. The van der Waals surface area contributed by atoms with E-state index in [0.717, 1.165) is 6.42 Å². The number of benzene rings is 1. The maximum atomic E-state index is 9.25. The van der Waals surface area contributed by atoms with Gasteiger partial charge in [-0.3, -0.25) is 0 Å². The van der Waals surface area contributed by atoms with Crippen molar-refractivity contribution < 1.29 is 0 Å². The van der Waals surface area contributed by atoms with Crippen LogP contribution in [0.2, 0.25) is 0 Å². The van der Waals surface area contributed by atoms with E-state index in [1.165, 1.54) is 42.4 Å². The van der Waals surface area contributed by atoms with Crippen LogP contribution in [0.3, 0.4) is 0 Å². The number of hydrogen-bond donors (Lipinski definition) is 0. The quantitative estimate of drug-likeness (QED) is 0.644. The molecule has 0 N–H and O–H groups in total. The van der Waals surface area contributed by atoms with E-state index >= 15 is 0 Å². The molecule has 1 spiro atoms. The average Bonchev–Trinajstić information content (AvgIpc) is 2.27. The molecule has 2 aliphatic carbocycles. The summed E-state index contributed by atoms with van der Waals surface area (Å²) in [6.45, 7) is 2.16. The second-order valence-electron chi connectivity index (χ2n) is 5.39. The summed E-state index contributed by atoms with van der Waals surface area (Å²) in [4.78, 5) is 0. The van der Waals surface area contributed by atoms with Gasteiger partial charge in [0.25, 0.3) is 0 Å². The fourth-order valence-corrected chi connectivity index (χ4v) is 3.55. The molecule has 0 aliphatic heterocycles. The van der Waals surface area contributed by atoms with Crippen molar-refractivity contribution in [1.29, 1.82) is 5.26 Å². The van der Waals surface area contributed by atoms with Gasteiger partial charge in [-0.1, -0.05) is 23.8 Å². The molecule has 2 atom stereocenters. The predicted octanol–water partition coefficient (Wildman–Crippen LogP) is 3.50. The first-order valence-corrected chi connectivity index (χ1v) is 6.26. The molecule has 0 unspecified atom stereocenters. The van der Waals surface area contributed by atoms with Crippen molar-refractivity contribution in [2.45, 2.75) is 44.4 Å². The van der Waals surface area contributed by atoms with Gasteiger partial charge in [-0.15, -0.1) is 0 Å². The summed E-state index contributed by atoms with van der Waals surface area (Å²) in [6.07, 6.45) is 6.01. The number of nitrogens with zero attached hydrogens (tertiary/aromatic N) is 1. The third kappa shape index (κ3) is 1.16. The van der Waals surface area contributed by atoms with Gasteiger partial charge < -0.3 is 0 Å². The van der Waals surface area contributed by atoms with Crippen molar-refractivity contribution in [2.75, 3.05) is 0 Å². The maximum absolute atomic E-state index is 9.25. The molecule has 0 saturated heterocycles. The van der Waals surface area contributed by atoms with E-state index in [2.05, 4.69) is 31.2 Å². The van der Waals surface area contributed by atoms with Crippen molar-refractivity contribution in [3.05, 3.63) is 34.9 Å². The van der Waals surface area contributed by atoms with Gasteiger partial charge in [-0.05, 0) is 50.2 Å². The van der Waals surface area contributed by atoms with Crippen LogP contribution in [0.5, 0.6) is 0 Å². The van der Waals surface area contributed by atoms with E-state index < -0.39 is 0 Å². The summed E-state index contributed by atoms with van der Waals surface area (Å²) < 4.78 is 0. The Labute approximate surface area is 97.1 Å². The maximum Gasteiger partial charge on any atom is 0.0665 e. The van der Waals surface area contributed by atoms with Crippen LogP contribution in [-0.4, -0.2) is 0 Å². The number of rotatable bonds is 0. The van der Waals surface area contributed by atoms with Crippen LogP contribution in [0.15, 0.2) is 18.2 Å². The highest BCUT2D eigenvalue weighted by Gasteiger charge is 2.49. The molecule has 1 nitrogen and oxygen atoms in total. The zero-order valence-electron chi connectivity index (χ0n) is 9.79. The first kappa shape index (κ1) is 9.90.